The van der Waals surface area contributed by atoms with E-state index in [-0.39, 0.29) is 28.6 Å². The molecule has 2 aromatic rings. The Morgan fingerprint density at radius 1 is 1.10 bits per heavy atom. The molecule has 50 heavy (non-hydrogen) atoms. The molecule has 272 valence electrons. The first-order chi connectivity index (χ1) is 24.0. The lowest BCUT2D eigenvalue weighted by atomic mass is 9.76. The van der Waals surface area contributed by atoms with Gasteiger partial charge in [0.15, 0.2) is 17.4 Å². The molecule has 1 atom stereocenters. The highest BCUT2D eigenvalue weighted by atomic mass is 19.1. The summed E-state index contributed by atoms with van der Waals surface area (Å²) in [6, 6.07) is 1.14. The average Bonchev–Trinajstić information content (AvgIpc) is 3.51. The Morgan fingerprint density at radius 3 is 2.48 bits per heavy atom. The fourth-order valence-electron chi connectivity index (χ4n) is 7.08. The molecule has 3 aliphatic rings. The molecule has 0 unspecified atom stereocenters. The van der Waals surface area contributed by atoms with Gasteiger partial charge in [-0.2, -0.15) is 0 Å². The van der Waals surface area contributed by atoms with Crippen molar-refractivity contribution in [1.82, 2.24) is 30.3 Å². The van der Waals surface area contributed by atoms with Gasteiger partial charge in [0.25, 0.3) is 11.8 Å². The smallest absolute Gasteiger partial charge is 0.336 e. The second-order valence-electron chi connectivity index (χ2n) is 13.7. The van der Waals surface area contributed by atoms with Crippen LogP contribution in [0, 0.1) is 17.2 Å². The van der Waals surface area contributed by atoms with Gasteiger partial charge in [0, 0.05) is 76.0 Å². The number of hydrogen-bond donors (Lipinski definition) is 1. The number of likely N-dealkylation sites (tertiary alicyclic amines) is 1. The van der Waals surface area contributed by atoms with Crippen LogP contribution in [0.15, 0.2) is 24.5 Å². The number of amides is 1. The number of carbonyl (C=O) groups is 3. The third-order valence-electron chi connectivity index (χ3n) is 9.52. The number of aromatic nitrogens is 3. The largest absolute Gasteiger partial charge is 0.430 e. The highest BCUT2D eigenvalue weighted by molar-refractivity contribution is 6.01. The predicted octanol–water partition coefficient (Wildman–Crippen LogP) is 3.61. The van der Waals surface area contributed by atoms with Gasteiger partial charge in [0.05, 0.1) is 12.2 Å². The number of nitrogens with one attached hydrogen (secondary N) is 1. The maximum absolute atomic E-state index is 15.5. The van der Waals surface area contributed by atoms with Gasteiger partial charge >= 0.3 is 11.9 Å². The van der Waals surface area contributed by atoms with Crippen molar-refractivity contribution in [2.24, 2.45) is 11.3 Å². The van der Waals surface area contributed by atoms with Gasteiger partial charge in [0.1, 0.15) is 6.33 Å². The number of halogens is 1. The molecule has 1 N–H and O–H groups in total. The number of esters is 2. The number of benzene rings is 1. The number of anilines is 1. The van der Waals surface area contributed by atoms with E-state index in [1.165, 1.54) is 11.2 Å². The van der Waals surface area contributed by atoms with Gasteiger partial charge in [-0.3, -0.25) is 9.69 Å². The van der Waals surface area contributed by atoms with Crippen LogP contribution in [0.2, 0.25) is 0 Å². The number of ether oxygens (including phenoxy) is 4. The zero-order valence-corrected chi connectivity index (χ0v) is 29.7. The van der Waals surface area contributed by atoms with Crippen molar-refractivity contribution in [2.75, 3.05) is 64.4 Å². The maximum Gasteiger partial charge on any atom is 0.336 e. The number of carbonyl (C=O) groups excluding carboxylic acids is 3. The molecular weight excluding hydrogens is 649 g/mol. The van der Waals surface area contributed by atoms with E-state index in [9.17, 15) is 14.4 Å². The quantitative estimate of drug-likeness (QED) is 0.164. The van der Waals surface area contributed by atoms with Crippen molar-refractivity contribution < 1.29 is 37.7 Å². The third kappa shape index (κ3) is 8.22. The van der Waals surface area contributed by atoms with E-state index in [1.54, 1.807) is 14.0 Å². The molecule has 0 bridgehead atoms. The lowest BCUT2D eigenvalue weighted by molar-refractivity contribution is -0.133. The average molecular weight is 698 g/mol. The minimum Gasteiger partial charge on any atom is -0.430 e. The standard InChI is InChI=1S/C35H48FN7O7/c1-7-43(23(4)5)34(46)24-17-25(36)30-31(49-28(45)11-10-27(44)48-30)29(24)50-33-32(38-21-39-40-33)41-15-12-35(18-41)19-42(20-35)26(22(2)3)9-8-13-37-14-16-47-6/h10-11,17,21-23,26,37H,7-9,12-16,18-20H2,1-6H3/b11-10+/t26-/m1/s1. The van der Waals surface area contributed by atoms with E-state index in [2.05, 4.69) is 44.1 Å². The van der Waals surface area contributed by atoms with Crippen molar-refractivity contribution in [1.29, 1.82) is 0 Å². The SMILES string of the molecule is CCN(C(=O)c1cc(F)c2c(c1Oc1nncnc1N1CCC3(C1)CN([C@H](CCCNCCOC)C(C)C)C3)OC(=O)/C=C/C(=O)O2)C(C)C. The van der Waals surface area contributed by atoms with Crippen LogP contribution in [-0.2, 0) is 14.3 Å². The summed E-state index contributed by atoms with van der Waals surface area (Å²) in [5, 5.41) is 11.6. The molecule has 0 radical (unpaired) electrons. The second kappa shape index (κ2) is 16.2. The Morgan fingerprint density at radius 2 is 1.82 bits per heavy atom. The molecule has 0 aliphatic carbocycles. The zero-order valence-electron chi connectivity index (χ0n) is 29.7. The van der Waals surface area contributed by atoms with Crippen LogP contribution >= 0.6 is 0 Å². The van der Waals surface area contributed by atoms with Crippen LogP contribution in [0.5, 0.6) is 23.1 Å². The van der Waals surface area contributed by atoms with Crippen molar-refractivity contribution >= 4 is 23.7 Å². The lowest BCUT2D eigenvalue weighted by Crippen LogP contribution is -2.62. The fourth-order valence-corrected chi connectivity index (χ4v) is 7.08. The Hall–Kier alpha value is -4.21. The summed E-state index contributed by atoms with van der Waals surface area (Å²) in [7, 11) is 1.71. The van der Waals surface area contributed by atoms with Crippen molar-refractivity contribution in [3.63, 3.8) is 0 Å². The maximum atomic E-state index is 15.5. The molecular formula is C35H48FN7O7. The number of nitrogens with zero attached hydrogens (tertiary/aromatic N) is 6. The normalized spacial score (nSPS) is 18.3. The van der Waals surface area contributed by atoms with E-state index in [1.807, 2.05) is 13.8 Å². The number of methoxy groups -OCH3 is 1. The summed E-state index contributed by atoms with van der Waals surface area (Å²) in [6.45, 7) is 16.1. The van der Waals surface area contributed by atoms with Crippen LogP contribution in [0.1, 0.15) is 64.2 Å². The van der Waals surface area contributed by atoms with Gasteiger partial charge in [0.2, 0.25) is 11.5 Å². The first-order valence-corrected chi connectivity index (χ1v) is 17.3. The monoisotopic (exact) mass is 697 g/mol. The van der Waals surface area contributed by atoms with Gasteiger partial charge in [-0.25, -0.2) is 19.0 Å². The van der Waals surface area contributed by atoms with E-state index < -0.39 is 35.2 Å². The molecule has 3 aliphatic heterocycles. The fraction of sp³-hybridized carbons (Fsp3) is 0.600. The molecule has 1 spiro atoms. The third-order valence-corrected chi connectivity index (χ3v) is 9.52. The highest BCUT2D eigenvalue weighted by Crippen LogP contribution is 2.48. The van der Waals surface area contributed by atoms with Crippen molar-refractivity contribution in [2.45, 2.75) is 66.0 Å². The summed E-state index contributed by atoms with van der Waals surface area (Å²) in [6.07, 6.45) is 6.11. The van der Waals surface area contributed by atoms with Crippen LogP contribution in [0.4, 0.5) is 10.2 Å². The minimum absolute atomic E-state index is 0.0629. The highest BCUT2D eigenvalue weighted by Gasteiger charge is 2.50. The molecule has 15 heteroatoms. The Labute approximate surface area is 292 Å². The summed E-state index contributed by atoms with van der Waals surface area (Å²) in [4.78, 5) is 49.4. The first kappa shape index (κ1) is 37.1. The summed E-state index contributed by atoms with van der Waals surface area (Å²) >= 11 is 0. The van der Waals surface area contributed by atoms with E-state index >= 15 is 4.39 Å². The zero-order chi connectivity index (χ0) is 36.0. The Kier molecular flexibility index (Phi) is 12.0. The van der Waals surface area contributed by atoms with E-state index in [0.29, 0.717) is 44.0 Å². The van der Waals surface area contributed by atoms with Crippen molar-refractivity contribution in [3.05, 3.63) is 35.9 Å². The summed E-state index contributed by atoms with van der Waals surface area (Å²) in [5.74, 6) is -4.42. The molecule has 14 nitrogen and oxygen atoms in total. The molecule has 2 saturated heterocycles. The van der Waals surface area contributed by atoms with Gasteiger partial charge in [-0.05, 0) is 58.6 Å². The van der Waals surface area contributed by atoms with E-state index in [4.69, 9.17) is 18.9 Å². The molecule has 4 heterocycles. The lowest BCUT2D eigenvalue weighted by Gasteiger charge is -2.53. The molecule has 5 rings (SSSR count). The second-order valence-corrected chi connectivity index (χ2v) is 13.7. The van der Waals surface area contributed by atoms with Crippen LogP contribution in [0.3, 0.4) is 0 Å². The van der Waals surface area contributed by atoms with Crippen molar-refractivity contribution in [3.8, 4) is 23.1 Å². The minimum atomic E-state index is -1.08. The Balaban J connectivity index is 1.39. The predicted molar refractivity (Wildman–Crippen MR) is 182 cm³/mol. The molecule has 2 fully saturated rings. The van der Waals surface area contributed by atoms with Gasteiger partial charge < -0.3 is 34.1 Å². The number of fused-ring (bicyclic) bond motifs is 1. The number of hydrogen-bond acceptors (Lipinski definition) is 13. The molecule has 0 saturated carbocycles. The molecule has 1 aromatic carbocycles. The topological polar surface area (TPSA) is 149 Å². The van der Waals surface area contributed by atoms with Gasteiger partial charge in [-0.15, -0.1) is 10.2 Å². The molecule has 1 aromatic heterocycles. The van der Waals surface area contributed by atoms with Crippen LogP contribution < -0.4 is 24.4 Å². The van der Waals surface area contributed by atoms with Crippen LogP contribution in [-0.4, -0.2) is 114 Å². The summed E-state index contributed by atoms with van der Waals surface area (Å²) in [5.41, 5.74) is -0.184. The number of rotatable bonds is 15. The summed E-state index contributed by atoms with van der Waals surface area (Å²) < 4.78 is 37.5. The van der Waals surface area contributed by atoms with Crippen LogP contribution in [0.25, 0.3) is 0 Å². The molecule has 1 amide bonds. The van der Waals surface area contributed by atoms with Gasteiger partial charge in [-0.1, -0.05) is 13.8 Å². The van der Waals surface area contributed by atoms with E-state index in [0.717, 1.165) is 63.7 Å². The Bertz CT molecular complexity index is 1580. The first-order valence-electron chi connectivity index (χ1n) is 17.3.